The van der Waals surface area contributed by atoms with Crippen LogP contribution in [0.1, 0.15) is 26.2 Å². The fraction of sp³-hybridized carbons (Fsp3) is 0.429. The van der Waals surface area contributed by atoms with Crippen molar-refractivity contribution in [3.8, 4) is 5.75 Å². The molecule has 1 unspecified atom stereocenters. The Kier molecular flexibility index (Phi) is 6.52. The second-order valence-electron chi connectivity index (χ2n) is 4.47. The van der Waals surface area contributed by atoms with Crippen LogP contribution in [0.25, 0.3) is 0 Å². The zero-order valence-corrected chi connectivity index (χ0v) is 11.6. The van der Waals surface area contributed by atoms with Crippen molar-refractivity contribution in [3.63, 3.8) is 0 Å². The second-order valence-corrected chi connectivity index (χ2v) is 4.47. The van der Waals surface area contributed by atoms with Gasteiger partial charge in [-0.3, -0.25) is 9.59 Å². The topological polar surface area (TPSA) is 107 Å². The summed E-state index contributed by atoms with van der Waals surface area (Å²) < 4.78 is 5.32. The zero-order valence-electron chi connectivity index (χ0n) is 11.6. The molecule has 0 aliphatic rings. The molecule has 0 heterocycles. The number of carbonyl (C=O) groups is 2. The fourth-order valence-electron chi connectivity index (χ4n) is 1.58. The molecule has 2 amide bonds. The van der Waals surface area contributed by atoms with Gasteiger partial charge < -0.3 is 21.5 Å². The van der Waals surface area contributed by atoms with E-state index in [1.807, 2.05) is 6.92 Å². The van der Waals surface area contributed by atoms with E-state index < -0.39 is 11.9 Å². The van der Waals surface area contributed by atoms with Crippen LogP contribution in [0, 0.1) is 0 Å². The van der Waals surface area contributed by atoms with Gasteiger partial charge in [0.2, 0.25) is 11.8 Å². The third-order valence-corrected chi connectivity index (χ3v) is 2.68. The molecule has 1 atom stereocenters. The van der Waals surface area contributed by atoms with Crippen LogP contribution in [0.4, 0.5) is 5.69 Å². The number of ether oxygens (including phenoxy) is 1. The highest BCUT2D eigenvalue weighted by Gasteiger charge is 2.12. The molecule has 5 N–H and O–H groups in total. The monoisotopic (exact) mass is 279 g/mol. The van der Waals surface area contributed by atoms with E-state index in [0.717, 1.165) is 6.42 Å². The van der Waals surface area contributed by atoms with Crippen LogP contribution in [0.2, 0.25) is 0 Å². The highest BCUT2D eigenvalue weighted by molar-refractivity contribution is 5.94. The Hall–Kier alpha value is -2.08. The number of benzene rings is 1. The van der Waals surface area contributed by atoms with Crippen LogP contribution < -0.4 is 21.5 Å². The van der Waals surface area contributed by atoms with Gasteiger partial charge in [0.05, 0.1) is 19.1 Å². The predicted molar refractivity (Wildman–Crippen MR) is 77.3 cm³/mol. The van der Waals surface area contributed by atoms with Crippen molar-refractivity contribution in [2.24, 2.45) is 11.5 Å². The van der Waals surface area contributed by atoms with Crippen molar-refractivity contribution in [3.05, 3.63) is 24.3 Å². The summed E-state index contributed by atoms with van der Waals surface area (Å²) in [5, 5.41) is 2.73. The number of amides is 2. The van der Waals surface area contributed by atoms with Gasteiger partial charge in [-0.05, 0) is 30.7 Å². The van der Waals surface area contributed by atoms with Gasteiger partial charge >= 0.3 is 0 Å². The number of hydrogen-bond acceptors (Lipinski definition) is 4. The predicted octanol–water partition coefficient (Wildman–Crippen LogP) is 1.01. The van der Waals surface area contributed by atoms with Crippen LogP contribution in [0.15, 0.2) is 24.3 Å². The largest absolute Gasteiger partial charge is 0.493 e. The Labute approximate surface area is 118 Å². The molecule has 0 radical (unpaired) electrons. The molecule has 1 aromatic carbocycles. The summed E-state index contributed by atoms with van der Waals surface area (Å²) in [6.07, 6.45) is 1.69. The number of carbonyl (C=O) groups excluding carboxylic acids is 2. The van der Waals surface area contributed by atoms with Gasteiger partial charge in [-0.15, -0.1) is 0 Å². The van der Waals surface area contributed by atoms with Crippen molar-refractivity contribution >= 4 is 17.5 Å². The lowest BCUT2D eigenvalue weighted by atomic mass is 10.1. The van der Waals surface area contributed by atoms with Crippen LogP contribution in [-0.2, 0) is 9.59 Å². The maximum absolute atomic E-state index is 11.7. The summed E-state index contributed by atoms with van der Waals surface area (Å²) in [6.45, 7) is 2.22. The Morgan fingerprint density at radius 3 is 2.50 bits per heavy atom. The van der Waals surface area contributed by atoms with Gasteiger partial charge in [0.15, 0.2) is 0 Å². The molecular formula is C14H21N3O3. The molecule has 0 spiro atoms. The maximum atomic E-state index is 11.7. The Balaban J connectivity index is 2.45. The molecule has 0 aliphatic carbocycles. The summed E-state index contributed by atoms with van der Waals surface area (Å²) in [5.74, 6) is 0.00940. The summed E-state index contributed by atoms with van der Waals surface area (Å²) in [4.78, 5) is 22.3. The SMILES string of the molecule is CCCC(N)C(=O)Nc1ccc(OCCC(N)=O)cc1. The molecule has 6 nitrogen and oxygen atoms in total. The summed E-state index contributed by atoms with van der Waals surface area (Å²) in [6, 6.07) is 6.36. The van der Waals surface area contributed by atoms with Crippen LogP contribution in [0.3, 0.4) is 0 Å². The van der Waals surface area contributed by atoms with E-state index in [2.05, 4.69) is 5.32 Å². The number of nitrogens with one attached hydrogen (secondary N) is 1. The van der Waals surface area contributed by atoms with E-state index in [-0.39, 0.29) is 18.9 Å². The highest BCUT2D eigenvalue weighted by atomic mass is 16.5. The molecule has 0 aliphatic heterocycles. The normalized spacial score (nSPS) is 11.7. The molecule has 0 saturated carbocycles. The minimum atomic E-state index is -0.494. The van der Waals surface area contributed by atoms with Crippen LogP contribution in [-0.4, -0.2) is 24.5 Å². The molecule has 0 saturated heterocycles. The molecule has 20 heavy (non-hydrogen) atoms. The lowest BCUT2D eigenvalue weighted by molar-refractivity contribution is -0.119. The van der Waals surface area contributed by atoms with Gasteiger partial charge in [-0.1, -0.05) is 13.3 Å². The lowest BCUT2D eigenvalue weighted by Crippen LogP contribution is -2.35. The van der Waals surface area contributed by atoms with Gasteiger partial charge in [0, 0.05) is 5.69 Å². The number of rotatable bonds is 8. The summed E-state index contributed by atoms with van der Waals surface area (Å²) in [7, 11) is 0. The number of anilines is 1. The number of primary amides is 1. The quantitative estimate of drug-likeness (QED) is 0.660. The molecule has 1 aromatic rings. The summed E-state index contributed by atoms with van der Waals surface area (Å²) >= 11 is 0. The van der Waals surface area contributed by atoms with Gasteiger partial charge in [-0.25, -0.2) is 0 Å². The van der Waals surface area contributed by atoms with E-state index in [1.165, 1.54) is 0 Å². The summed E-state index contributed by atoms with van der Waals surface area (Å²) in [5.41, 5.74) is 11.4. The average Bonchev–Trinajstić information content (AvgIpc) is 2.40. The van der Waals surface area contributed by atoms with E-state index in [1.54, 1.807) is 24.3 Å². The lowest BCUT2D eigenvalue weighted by Gasteiger charge is -2.11. The first kappa shape index (κ1) is 16.0. The van der Waals surface area contributed by atoms with E-state index >= 15 is 0 Å². The van der Waals surface area contributed by atoms with E-state index in [9.17, 15) is 9.59 Å². The van der Waals surface area contributed by atoms with Crippen molar-refractivity contribution < 1.29 is 14.3 Å². The minimum Gasteiger partial charge on any atom is -0.493 e. The number of nitrogens with two attached hydrogens (primary N) is 2. The first-order chi connectivity index (χ1) is 9.52. The van der Waals surface area contributed by atoms with Crippen LogP contribution in [0.5, 0.6) is 5.75 Å². The zero-order chi connectivity index (χ0) is 15.0. The average molecular weight is 279 g/mol. The first-order valence-corrected chi connectivity index (χ1v) is 6.60. The molecular weight excluding hydrogens is 258 g/mol. The van der Waals surface area contributed by atoms with Gasteiger partial charge in [0.1, 0.15) is 5.75 Å². The van der Waals surface area contributed by atoms with Crippen molar-refractivity contribution in [1.29, 1.82) is 0 Å². The maximum Gasteiger partial charge on any atom is 0.241 e. The third kappa shape index (κ3) is 5.71. The van der Waals surface area contributed by atoms with E-state index in [0.29, 0.717) is 17.9 Å². The van der Waals surface area contributed by atoms with Crippen LogP contribution >= 0.6 is 0 Å². The molecule has 0 fully saturated rings. The highest BCUT2D eigenvalue weighted by Crippen LogP contribution is 2.16. The molecule has 110 valence electrons. The number of hydrogen-bond donors (Lipinski definition) is 3. The van der Waals surface area contributed by atoms with E-state index in [4.69, 9.17) is 16.2 Å². The van der Waals surface area contributed by atoms with Gasteiger partial charge in [0.25, 0.3) is 0 Å². The van der Waals surface area contributed by atoms with Gasteiger partial charge in [-0.2, -0.15) is 0 Å². The Morgan fingerprint density at radius 1 is 1.30 bits per heavy atom. The Bertz CT molecular complexity index is 445. The van der Waals surface area contributed by atoms with Crippen molar-refractivity contribution in [1.82, 2.24) is 0 Å². The molecule has 0 bridgehead atoms. The second kappa shape index (κ2) is 8.16. The molecule has 0 aromatic heterocycles. The first-order valence-electron chi connectivity index (χ1n) is 6.60. The standard InChI is InChI=1S/C14H21N3O3/c1-2-3-12(15)14(19)17-10-4-6-11(7-5-10)20-9-8-13(16)18/h4-7,12H,2-3,8-9,15H2,1H3,(H2,16,18)(H,17,19). The molecule has 1 rings (SSSR count). The third-order valence-electron chi connectivity index (χ3n) is 2.68. The molecule has 6 heteroatoms. The Morgan fingerprint density at radius 2 is 1.95 bits per heavy atom. The minimum absolute atomic E-state index is 0.171. The van der Waals surface area contributed by atoms with Crippen molar-refractivity contribution in [2.45, 2.75) is 32.2 Å². The smallest absolute Gasteiger partial charge is 0.241 e. The fourth-order valence-corrected chi connectivity index (χ4v) is 1.58. The van der Waals surface area contributed by atoms with Crippen molar-refractivity contribution in [2.75, 3.05) is 11.9 Å².